The minimum absolute atomic E-state index is 0.0428. The van der Waals surface area contributed by atoms with E-state index >= 15 is 0 Å². The molecule has 0 amide bonds. The Bertz CT molecular complexity index is 330. The molecule has 0 aliphatic carbocycles. The molecular formula is C11H14N2O. The Hall–Kier alpha value is -1.48. The largest absolute Gasteiger partial charge is 0.302 e. The molecule has 0 radical (unpaired) electrons. The monoisotopic (exact) mass is 190 g/mol. The van der Waals surface area contributed by atoms with Gasteiger partial charge in [-0.2, -0.15) is 0 Å². The Morgan fingerprint density at radius 2 is 2.00 bits per heavy atom. The molecule has 1 heterocycles. The summed E-state index contributed by atoms with van der Waals surface area (Å²) in [6.07, 6.45) is 3.31. The predicted octanol–water partition coefficient (Wildman–Crippen LogP) is 1.23. The molecule has 0 aromatic carbocycles. The molecular weight excluding hydrogens is 176 g/mol. The van der Waals surface area contributed by atoms with Crippen molar-refractivity contribution in [1.29, 1.82) is 0 Å². The lowest BCUT2D eigenvalue weighted by Gasteiger charge is -2.09. The second-order valence-electron chi connectivity index (χ2n) is 3.38. The molecule has 0 saturated heterocycles. The standard InChI is InChI=1S/C11H14N2O/c1-9(11(14)8-13(2)3)10-4-6-12-7-5-10/h4-7H,1,8H2,2-3H3. The van der Waals surface area contributed by atoms with E-state index < -0.39 is 0 Å². The van der Waals surface area contributed by atoms with E-state index in [1.807, 2.05) is 19.0 Å². The number of rotatable bonds is 4. The molecule has 1 aromatic heterocycles. The molecule has 0 unspecified atom stereocenters. The molecule has 0 atom stereocenters. The van der Waals surface area contributed by atoms with Crippen LogP contribution in [0.5, 0.6) is 0 Å². The molecule has 0 spiro atoms. The SMILES string of the molecule is C=C(C(=O)CN(C)C)c1ccncc1. The fourth-order valence-electron chi connectivity index (χ4n) is 1.10. The first-order valence-corrected chi connectivity index (χ1v) is 4.38. The van der Waals surface area contributed by atoms with Gasteiger partial charge in [0.25, 0.3) is 0 Å². The van der Waals surface area contributed by atoms with Gasteiger partial charge >= 0.3 is 0 Å². The summed E-state index contributed by atoms with van der Waals surface area (Å²) < 4.78 is 0. The van der Waals surface area contributed by atoms with Crippen LogP contribution in [0.3, 0.4) is 0 Å². The Kier molecular flexibility index (Phi) is 3.54. The van der Waals surface area contributed by atoms with Crippen molar-refractivity contribution in [3.8, 4) is 0 Å². The molecule has 14 heavy (non-hydrogen) atoms. The van der Waals surface area contributed by atoms with E-state index in [0.717, 1.165) is 5.56 Å². The highest BCUT2D eigenvalue weighted by Crippen LogP contribution is 2.11. The summed E-state index contributed by atoms with van der Waals surface area (Å²) in [5.41, 5.74) is 1.38. The zero-order chi connectivity index (χ0) is 10.6. The highest BCUT2D eigenvalue weighted by atomic mass is 16.1. The van der Waals surface area contributed by atoms with E-state index in [1.165, 1.54) is 0 Å². The average Bonchev–Trinajstić information content (AvgIpc) is 2.17. The second-order valence-corrected chi connectivity index (χ2v) is 3.38. The molecule has 1 rings (SSSR count). The van der Waals surface area contributed by atoms with Crippen LogP contribution in [-0.4, -0.2) is 36.3 Å². The summed E-state index contributed by atoms with van der Waals surface area (Å²) >= 11 is 0. The number of ketones is 1. The number of carbonyl (C=O) groups is 1. The van der Waals surface area contributed by atoms with Gasteiger partial charge in [0.1, 0.15) is 0 Å². The van der Waals surface area contributed by atoms with Gasteiger partial charge < -0.3 is 4.90 Å². The van der Waals surface area contributed by atoms with Crippen molar-refractivity contribution >= 4 is 11.4 Å². The van der Waals surface area contributed by atoms with E-state index in [1.54, 1.807) is 24.5 Å². The van der Waals surface area contributed by atoms with Crippen molar-refractivity contribution in [2.45, 2.75) is 0 Å². The van der Waals surface area contributed by atoms with Crippen molar-refractivity contribution < 1.29 is 4.79 Å². The van der Waals surface area contributed by atoms with Crippen LogP contribution in [0.25, 0.3) is 5.57 Å². The molecule has 3 heteroatoms. The number of Topliss-reactive ketones (excluding diaryl/α,β-unsaturated/α-hetero) is 1. The zero-order valence-corrected chi connectivity index (χ0v) is 8.53. The fraction of sp³-hybridized carbons (Fsp3) is 0.273. The van der Waals surface area contributed by atoms with Gasteiger partial charge in [-0.3, -0.25) is 9.78 Å². The van der Waals surface area contributed by atoms with Crippen LogP contribution >= 0.6 is 0 Å². The van der Waals surface area contributed by atoms with E-state index in [0.29, 0.717) is 12.1 Å². The zero-order valence-electron chi connectivity index (χ0n) is 8.53. The second kappa shape index (κ2) is 4.67. The van der Waals surface area contributed by atoms with Gasteiger partial charge in [0, 0.05) is 18.0 Å². The van der Waals surface area contributed by atoms with Crippen LogP contribution in [0.2, 0.25) is 0 Å². The number of hydrogen-bond donors (Lipinski definition) is 0. The fourth-order valence-corrected chi connectivity index (χ4v) is 1.10. The van der Waals surface area contributed by atoms with Crippen LogP contribution in [0.4, 0.5) is 0 Å². The lowest BCUT2D eigenvalue weighted by Crippen LogP contribution is -2.22. The summed E-state index contributed by atoms with van der Waals surface area (Å²) in [5.74, 6) is 0.0428. The maximum atomic E-state index is 11.6. The highest BCUT2D eigenvalue weighted by molar-refractivity contribution is 6.20. The van der Waals surface area contributed by atoms with Gasteiger partial charge in [-0.05, 0) is 31.8 Å². The minimum Gasteiger partial charge on any atom is -0.302 e. The first-order chi connectivity index (χ1) is 6.61. The molecule has 0 bridgehead atoms. The number of carbonyl (C=O) groups excluding carboxylic acids is 1. The predicted molar refractivity (Wildman–Crippen MR) is 56.8 cm³/mol. The molecule has 1 aromatic rings. The van der Waals surface area contributed by atoms with E-state index in [4.69, 9.17) is 0 Å². The molecule has 3 nitrogen and oxygen atoms in total. The Morgan fingerprint density at radius 3 is 2.50 bits per heavy atom. The van der Waals surface area contributed by atoms with Gasteiger partial charge in [0.05, 0.1) is 6.54 Å². The number of hydrogen-bond acceptors (Lipinski definition) is 3. The van der Waals surface area contributed by atoms with Gasteiger partial charge in [-0.25, -0.2) is 0 Å². The molecule has 0 aliphatic rings. The van der Waals surface area contributed by atoms with Crippen molar-refractivity contribution in [3.05, 3.63) is 36.7 Å². The topological polar surface area (TPSA) is 33.2 Å². The Balaban J connectivity index is 2.72. The number of likely N-dealkylation sites (N-methyl/N-ethyl adjacent to an activating group) is 1. The summed E-state index contributed by atoms with van der Waals surface area (Å²) in [4.78, 5) is 17.3. The number of nitrogens with zero attached hydrogens (tertiary/aromatic N) is 2. The van der Waals surface area contributed by atoms with Crippen LogP contribution in [-0.2, 0) is 4.79 Å². The lowest BCUT2D eigenvalue weighted by atomic mass is 10.1. The Labute approximate surface area is 84.1 Å². The van der Waals surface area contributed by atoms with Crippen LogP contribution in [0.15, 0.2) is 31.1 Å². The van der Waals surface area contributed by atoms with Gasteiger partial charge in [-0.1, -0.05) is 6.58 Å². The summed E-state index contributed by atoms with van der Waals surface area (Å²) in [5, 5.41) is 0. The molecule has 0 fully saturated rings. The van der Waals surface area contributed by atoms with E-state index in [-0.39, 0.29) is 5.78 Å². The lowest BCUT2D eigenvalue weighted by molar-refractivity contribution is -0.114. The van der Waals surface area contributed by atoms with Crippen molar-refractivity contribution in [2.24, 2.45) is 0 Å². The molecule has 0 saturated carbocycles. The summed E-state index contributed by atoms with van der Waals surface area (Å²) in [7, 11) is 3.72. The van der Waals surface area contributed by atoms with Gasteiger partial charge in [-0.15, -0.1) is 0 Å². The summed E-state index contributed by atoms with van der Waals surface area (Å²) in [6, 6.07) is 3.58. The number of pyridine rings is 1. The van der Waals surface area contributed by atoms with Crippen molar-refractivity contribution in [3.63, 3.8) is 0 Å². The third-order valence-electron chi connectivity index (χ3n) is 1.83. The van der Waals surface area contributed by atoms with Crippen LogP contribution in [0.1, 0.15) is 5.56 Å². The first kappa shape index (κ1) is 10.6. The quantitative estimate of drug-likeness (QED) is 0.669. The maximum Gasteiger partial charge on any atom is 0.176 e. The molecule has 74 valence electrons. The van der Waals surface area contributed by atoms with Crippen molar-refractivity contribution in [2.75, 3.05) is 20.6 Å². The first-order valence-electron chi connectivity index (χ1n) is 4.38. The summed E-state index contributed by atoms with van der Waals surface area (Å²) in [6.45, 7) is 4.16. The smallest absolute Gasteiger partial charge is 0.176 e. The normalized spacial score (nSPS) is 10.2. The van der Waals surface area contributed by atoms with Crippen LogP contribution in [0, 0.1) is 0 Å². The number of aromatic nitrogens is 1. The minimum atomic E-state index is 0.0428. The van der Waals surface area contributed by atoms with Crippen molar-refractivity contribution in [1.82, 2.24) is 9.88 Å². The Morgan fingerprint density at radius 1 is 1.43 bits per heavy atom. The van der Waals surface area contributed by atoms with Crippen LogP contribution < -0.4 is 0 Å². The maximum absolute atomic E-state index is 11.6. The van der Waals surface area contributed by atoms with Gasteiger partial charge in [0.15, 0.2) is 5.78 Å². The van der Waals surface area contributed by atoms with E-state index in [9.17, 15) is 4.79 Å². The molecule has 0 N–H and O–H groups in total. The molecule has 0 aliphatic heterocycles. The average molecular weight is 190 g/mol. The van der Waals surface area contributed by atoms with Gasteiger partial charge in [0.2, 0.25) is 0 Å². The third kappa shape index (κ3) is 2.78. The highest BCUT2D eigenvalue weighted by Gasteiger charge is 2.09. The van der Waals surface area contributed by atoms with E-state index in [2.05, 4.69) is 11.6 Å². The third-order valence-corrected chi connectivity index (χ3v) is 1.83.